The number of benzene rings is 5. The van der Waals surface area contributed by atoms with Crippen LogP contribution in [0, 0.1) is 22.9 Å². The van der Waals surface area contributed by atoms with Crippen molar-refractivity contribution < 1.29 is 27.6 Å². The van der Waals surface area contributed by atoms with E-state index in [0.717, 1.165) is 40.0 Å². The molecule has 1 aliphatic heterocycles. The average Bonchev–Trinajstić information content (AvgIpc) is 3.55. The number of hydrogen-bond donors (Lipinski definition) is 3. The number of carboxylic acids is 1. The zero-order valence-electron chi connectivity index (χ0n) is 35.8. The molecule has 2 heterocycles. The maximum atomic E-state index is 15.7. The Balaban J connectivity index is 1.03. The second-order valence-corrected chi connectivity index (χ2v) is 19.1. The van der Waals surface area contributed by atoms with E-state index in [9.17, 15) is 28.4 Å². The predicted molar refractivity (Wildman–Crippen MR) is 255 cm³/mol. The van der Waals surface area contributed by atoms with Crippen LogP contribution in [0.4, 0.5) is 32.8 Å². The van der Waals surface area contributed by atoms with Crippen molar-refractivity contribution in [3.63, 3.8) is 0 Å². The van der Waals surface area contributed by atoms with Gasteiger partial charge in [-0.25, -0.2) is 17.6 Å². The first-order valence-electron chi connectivity index (χ1n) is 20.6. The molecule has 1 saturated heterocycles. The molecule has 1 aliphatic rings. The Bertz CT molecular complexity index is 2760. The molecule has 6 aromatic rings. The molecule has 1 aromatic heterocycles. The summed E-state index contributed by atoms with van der Waals surface area (Å²) in [6.07, 6.45) is 0.683. The first-order chi connectivity index (χ1) is 30.6. The molecule has 3 N–H and O–H groups in total. The third-order valence-corrected chi connectivity index (χ3v) is 14.1. The Labute approximate surface area is 381 Å². The Kier molecular flexibility index (Phi) is 14.2. The summed E-state index contributed by atoms with van der Waals surface area (Å²) < 4.78 is 47.0. The van der Waals surface area contributed by atoms with Gasteiger partial charge in [-0.3, -0.25) is 14.8 Å². The molecular weight excluding hydrogens is 877 g/mol. The Hall–Kier alpha value is -6.07. The molecule has 0 amide bonds. The summed E-state index contributed by atoms with van der Waals surface area (Å²) in [4.78, 5) is 31.2. The van der Waals surface area contributed by atoms with Crippen LogP contribution < -0.4 is 19.8 Å². The number of nitrogens with zero attached hydrogens (tertiary/aromatic N) is 5. The molecule has 64 heavy (non-hydrogen) atoms. The van der Waals surface area contributed by atoms with Crippen molar-refractivity contribution in [2.24, 2.45) is 7.05 Å². The lowest BCUT2D eigenvalue weighted by Gasteiger charge is -2.37. The number of aromatic carboxylic acids is 1. The lowest BCUT2D eigenvalue weighted by Crippen LogP contribution is -2.46. The van der Waals surface area contributed by atoms with E-state index in [2.05, 4.69) is 14.9 Å². The van der Waals surface area contributed by atoms with Crippen LogP contribution in [0.2, 0.25) is 5.02 Å². The van der Waals surface area contributed by atoms with Gasteiger partial charge in [-0.05, 0) is 112 Å². The number of aromatic nitrogens is 1. The van der Waals surface area contributed by atoms with Crippen LogP contribution in [0.3, 0.4) is 0 Å². The van der Waals surface area contributed by atoms with Crippen LogP contribution in [-0.2, 0) is 17.1 Å². The van der Waals surface area contributed by atoms with E-state index in [0.29, 0.717) is 60.3 Å². The first-order valence-corrected chi connectivity index (χ1v) is 23.4. The van der Waals surface area contributed by atoms with Gasteiger partial charge >= 0.3 is 5.97 Å². The standard InChI is InChI=1S/C47H49ClFN7O6S2/c1-31-44(47(57)58)45(46(53(31)4)32-13-15-34(48)16-14-32)33-9-8-10-36(27-33)54-23-25-55(26-24-54)37-17-19-41(40(49)28-37)51-64(61,62)39-18-20-42(43(29-39)56(59)60)50-35(21-22-52(2)3)30-63-38-11-6-5-7-12-38/h5-20,27-29,35,50-51H,21-26,30H2,1-4H3,(H,57,58)/t35-/m1/s1. The molecule has 334 valence electrons. The van der Waals surface area contributed by atoms with E-state index in [1.807, 2.05) is 102 Å². The van der Waals surface area contributed by atoms with Crippen molar-refractivity contribution in [2.45, 2.75) is 29.2 Å². The van der Waals surface area contributed by atoms with Crippen LogP contribution in [-0.4, -0.2) is 92.5 Å². The number of thioether (sulfide) groups is 1. The van der Waals surface area contributed by atoms with Crippen LogP contribution in [0.5, 0.6) is 0 Å². The van der Waals surface area contributed by atoms with E-state index in [-0.39, 0.29) is 27.9 Å². The molecule has 1 fully saturated rings. The largest absolute Gasteiger partial charge is 0.478 e. The molecule has 1 atom stereocenters. The molecule has 0 saturated carbocycles. The third-order valence-electron chi connectivity index (χ3n) is 11.3. The van der Waals surface area contributed by atoms with E-state index in [4.69, 9.17) is 11.6 Å². The second-order valence-electron chi connectivity index (χ2n) is 15.8. The zero-order valence-corrected chi connectivity index (χ0v) is 38.2. The smallest absolute Gasteiger partial charge is 0.338 e. The molecule has 13 nitrogen and oxygen atoms in total. The Morgan fingerprint density at radius 3 is 2.17 bits per heavy atom. The van der Waals surface area contributed by atoms with Crippen LogP contribution in [0.1, 0.15) is 22.5 Å². The van der Waals surface area contributed by atoms with E-state index >= 15 is 4.39 Å². The van der Waals surface area contributed by atoms with Gasteiger partial charge in [0, 0.05) is 83.6 Å². The Morgan fingerprint density at radius 1 is 0.891 bits per heavy atom. The summed E-state index contributed by atoms with van der Waals surface area (Å²) in [5.74, 6) is -1.20. The van der Waals surface area contributed by atoms with E-state index in [1.165, 1.54) is 24.3 Å². The summed E-state index contributed by atoms with van der Waals surface area (Å²) in [5.41, 5.74) is 4.77. The van der Waals surface area contributed by atoms with E-state index < -0.39 is 32.4 Å². The van der Waals surface area contributed by atoms with Crippen molar-refractivity contribution in [1.29, 1.82) is 0 Å². The van der Waals surface area contributed by atoms with Gasteiger partial charge in [0.15, 0.2) is 0 Å². The van der Waals surface area contributed by atoms with Crippen molar-refractivity contribution in [1.82, 2.24) is 9.47 Å². The van der Waals surface area contributed by atoms with E-state index in [1.54, 1.807) is 36.9 Å². The summed E-state index contributed by atoms with van der Waals surface area (Å²) >= 11 is 7.80. The van der Waals surface area contributed by atoms with Crippen molar-refractivity contribution in [3.8, 4) is 22.4 Å². The molecule has 0 spiro atoms. The first kappa shape index (κ1) is 45.9. The van der Waals surface area contributed by atoms with Gasteiger partial charge in [-0.2, -0.15) is 0 Å². The van der Waals surface area contributed by atoms with Gasteiger partial charge in [-0.15, -0.1) is 11.8 Å². The van der Waals surface area contributed by atoms with Gasteiger partial charge < -0.3 is 29.7 Å². The minimum absolute atomic E-state index is 0.165. The highest BCUT2D eigenvalue weighted by molar-refractivity contribution is 7.99. The number of nitrogens with one attached hydrogen (secondary N) is 2. The SMILES string of the molecule is Cc1c(C(=O)O)c(-c2cccc(N3CCN(c4ccc(NS(=O)(=O)c5ccc(N[C@H](CCN(C)C)CSc6ccccc6)c([N+](=O)[O-])c5)c(F)c4)CC3)c2)c(-c2ccc(Cl)cc2)n1C. The molecule has 17 heteroatoms. The average molecular weight is 927 g/mol. The lowest BCUT2D eigenvalue weighted by molar-refractivity contribution is -0.384. The number of nitro benzene ring substituents is 1. The number of anilines is 4. The number of halogens is 2. The summed E-state index contributed by atoms with van der Waals surface area (Å²) in [5, 5.41) is 26.4. The van der Waals surface area contributed by atoms with Crippen molar-refractivity contribution in [2.75, 3.05) is 72.4 Å². The number of carboxylic acid groups (broad SMARTS) is 1. The third kappa shape index (κ3) is 10.5. The highest BCUT2D eigenvalue weighted by Gasteiger charge is 2.28. The number of piperazine rings is 1. The van der Waals surface area contributed by atoms with Crippen LogP contribution in [0.25, 0.3) is 22.4 Å². The highest BCUT2D eigenvalue weighted by atomic mass is 35.5. The minimum Gasteiger partial charge on any atom is -0.478 e. The quantitative estimate of drug-likeness (QED) is 0.0455. The van der Waals surface area contributed by atoms with Crippen LogP contribution >= 0.6 is 23.4 Å². The van der Waals surface area contributed by atoms with Gasteiger partial charge in [-0.1, -0.05) is 54.1 Å². The fourth-order valence-electron chi connectivity index (χ4n) is 7.86. The topological polar surface area (TPSA) is 153 Å². The molecule has 5 aromatic carbocycles. The summed E-state index contributed by atoms with van der Waals surface area (Å²) in [6, 6.07) is 32.7. The number of rotatable bonds is 17. The predicted octanol–water partition coefficient (Wildman–Crippen LogP) is 9.72. The molecule has 7 rings (SSSR count). The van der Waals surface area contributed by atoms with Crippen molar-refractivity contribution >= 4 is 67.8 Å². The maximum absolute atomic E-state index is 15.7. The fraction of sp³-hybridized carbons (Fsp3) is 0.255. The van der Waals surface area contributed by atoms with Gasteiger partial charge in [0.25, 0.3) is 15.7 Å². The summed E-state index contributed by atoms with van der Waals surface area (Å²) in [6.45, 7) is 4.74. The summed E-state index contributed by atoms with van der Waals surface area (Å²) in [7, 11) is 1.32. The highest BCUT2D eigenvalue weighted by Crippen LogP contribution is 2.41. The monoisotopic (exact) mass is 925 g/mol. The van der Waals surface area contributed by atoms with Gasteiger partial charge in [0.2, 0.25) is 0 Å². The number of sulfonamides is 1. The van der Waals surface area contributed by atoms with Crippen molar-refractivity contribution in [3.05, 3.63) is 147 Å². The Morgan fingerprint density at radius 2 is 1.55 bits per heavy atom. The lowest BCUT2D eigenvalue weighted by atomic mass is 9.96. The number of hydrogen-bond acceptors (Lipinski definition) is 10. The normalized spacial score (nSPS) is 13.5. The second kappa shape index (κ2) is 19.8. The molecule has 0 bridgehead atoms. The number of nitro groups is 1. The van der Waals surface area contributed by atoms with Gasteiger partial charge in [0.1, 0.15) is 11.5 Å². The molecule has 0 unspecified atom stereocenters. The van der Waals surface area contributed by atoms with Crippen LogP contribution in [0.15, 0.2) is 125 Å². The fourth-order valence-corrected chi connectivity index (χ4v) is 10.1. The van der Waals surface area contributed by atoms with Gasteiger partial charge in [0.05, 0.1) is 26.8 Å². The molecular formula is C47H49ClFN7O6S2. The molecule has 0 aliphatic carbocycles. The minimum atomic E-state index is -4.43. The zero-order chi connectivity index (χ0) is 45.7. The molecule has 0 radical (unpaired) electrons. The number of carbonyl (C=O) groups is 1. The maximum Gasteiger partial charge on any atom is 0.338 e.